The van der Waals surface area contributed by atoms with Gasteiger partial charge in [0.25, 0.3) is 0 Å². The largest absolute Gasteiger partial charge is 1.00 e. The van der Waals surface area contributed by atoms with Gasteiger partial charge in [0.15, 0.2) is 0 Å². The van der Waals surface area contributed by atoms with E-state index in [0.29, 0.717) is 10.6 Å². The number of carbonyl (C=O) groups is 2. The smallest absolute Gasteiger partial charge is 0.491 e. The van der Waals surface area contributed by atoms with Crippen LogP contribution in [0.5, 0.6) is 5.75 Å². The summed E-state index contributed by atoms with van der Waals surface area (Å²) in [6, 6.07) is 1.00. The third-order valence-corrected chi connectivity index (χ3v) is 4.95. The van der Waals surface area contributed by atoms with Crippen LogP contribution in [-0.4, -0.2) is 67.6 Å². The zero-order valence-corrected chi connectivity index (χ0v) is 19.0. The van der Waals surface area contributed by atoms with Gasteiger partial charge in [0, 0.05) is 0 Å². The number of primary amides is 1. The Bertz CT molecular complexity index is 1060. The molecule has 2 unspecified atom stereocenters. The van der Waals surface area contributed by atoms with E-state index in [1.807, 2.05) is 0 Å². The number of fused-ring (bicyclic) bond motifs is 4. The predicted molar refractivity (Wildman–Crippen MR) is 90.7 cm³/mol. The van der Waals surface area contributed by atoms with E-state index in [-0.39, 0.29) is 54.0 Å². The van der Waals surface area contributed by atoms with Crippen LogP contribution in [0.25, 0.3) is 0 Å². The Morgan fingerprint density at radius 1 is 1.13 bits per heavy atom. The first kappa shape index (κ1) is 24.8. The number of amides is 3. The number of hydroxylamine groups is 2. The number of nitrogens with two attached hydrogens (primary N) is 1. The summed E-state index contributed by atoms with van der Waals surface area (Å²) < 4.78 is 74.4. The molecule has 14 nitrogen and oxygen atoms in total. The topological polar surface area (TPSA) is 203 Å². The molecule has 2 atom stereocenters. The summed E-state index contributed by atoms with van der Waals surface area (Å²) in [4.78, 5) is 25.4. The zero-order valence-electron chi connectivity index (χ0n) is 15.4. The van der Waals surface area contributed by atoms with Crippen molar-refractivity contribution in [3.8, 4) is 5.75 Å². The van der Waals surface area contributed by atoms with Gasteiger partial charge in [-0.15, -0.1) is 4.28 Å². The van der Waals surface area contributed by atoms with E-state index in [2.05, 4.69) is 8.47 Å². The number of ether oxygens (including phenoxy) is 1. The normalized spacial score (nSPS) is 20.5. The van der Waals surface area contributed by atoms with Crippen LogP contribution >= 0.6 is 0 Å². The molecule has 2 aliphatic heterocycles. The number of carbonyl (C=O) groups excluding carboxylic acids is 2. The van der Waals surface area contributed by atoms with Gasteiger partial charge in [0.2, 0.25) is 5.91 Å². The summed E-state index contributed by atoms with van der Waals surface area (Å²) in [5.74, 6) is -0.715. The van der Waals surface area contributed by atoms with Crippen LogP contribution in [0.1, 0.15) is 23.2 Å². The summed E-state index contributed by atoms with van der Waals surface area (Å²) in [6.07, 6.45) is 0. The summed E-state index contributed by atoms with van der Waals surface area (Å²) in [6.45, 7) is -0.920. The number of rotatable bonds is 8. The van der Waals surface area contributed by atoms with Crippen molar-refractivity contribution in [1.82, 2.24) is 9.96 Å². The second kappa shape index (κ2) is 8.93. The molecule has 2 bridgehead atoms. The van der Waals surface area contributed by atoms with Crippen molar-refractivity contribution in [3.05, 3.63) is 29.3 Å². The van der Waals surface area contributed by atoms with Crippen molar-refractivity contribution < 1.29 is 78.3 Å². The van der Waals surface area contributed by atoms with E-state index in [0.717, 1.165) is 4.90 Å². The molecule has 0 radical (unpaired) electrons. The molecule has 30 heavy (non-hydrogen) atoms. The Hall–Kier alpha value is -1.50. The molecule has 4 N–H and O–H groups in total. The van der Waals surface area contributed by atoms with E-state index in [4.69, 9.17) is 19.6 Å². The number of hydrogen-bond acceptors (Lipinski definition) is 9. The predicted octanol–water partition coefficient (Wildman–Crippen LogP) is -4.06. The third kappa shape index (κ3) is 5.40. The van der Waals surface area contributed by atoms with Crippen molar-refractivity contribution in [2.45, 2.75) is 12.1 Å². The molecule has 3 rings (SSSR count). The van der Waals surface area contributed by atoms with Crippen LogP contribution in [0.15, 0.2) is 18.2 Å². The van der Waals surface area contributed by atoms with Gasteiger partial charge in [-0.25, -0.2) is 8.98 Å². The molecule has 1 aromatic carbocycles. The second-order valence-corrected chi connectivity index (χ2v) is 8.07. The maximum absolute atomic E-state index is 12.5. The molecule has 2 heterocycles. The Labute approximate surface area is 193 Å². The van der Waals surface area contributed by atoms with Gasteiger partial charge in [-0.05, 0) is 23.3 Å². The van der Waals surface area contributed by atoms with Crippen molar-refractivity contribution >= 4 is 32.7 Å². The van der Waals surface area contributed by atoms with E-state index in [1.54, 1.807) is 0 Å². The van der Waals surface area contributed by atoms with Crippen molar-refractivity contribution in [2.24, 2.45) is 5.73 Å². The van der Waals surface area contributed by atoms with Gasteiger partial charge >= 0.3 is 56.4 Å². The summed E-state index contributed by atoms with van der Waals surface area (Å²) in [5, 5.41) is 0.405. The van der Waals surface area contributed by atoms with Gasteiger partial charge in [0.05, 0.1) is 6.54 Å². The van der Waals surface area contributed by atoms with Gasteiger partial charge in [-0.2, -0.15) is 21.9 Å². The molecular weight excluding hydrogens is 461 g/mol. The van der Waals surface area contributed by atoms with Gasteiger partial charge in [-0.3, -0.25) is 13.9 Å². The van der Waals surface area contributed by atoms with Crippen LogP contribution in [0, 0.1) is 0 Å². The van der Waals surface area contributed by atoms with E-state index >= 15 is 0 Å². The molecule has 1 aromatic rings. The van der Waals surface area contributed by atoms with Gasteiger partial charge < -0.3 is 15.4 Å². The number of hydrogen-bond donors (Lipinski definition) is 3. The fourth-order valence-electron chi connectivity index (χ4n) is 3.18. The molecule has 1 saturated heterocycles. The molecule has 0 aromatic heterocycles. The third-order valence-electron chi connectivity index (χ3n) is 4.14. The van der Waals surface area contributed by atoms with Crippen molar-refractivity contribution in [3.63, 3.8) is 0 Å². The Kier molecular flexibility index (Phi) is 7.37. The first-order valence-electron chi connectivity index (χ1n) is 7.82. The van der Waals surface area contributed by atoms with Crippen LogP contribution < -0.4 is 40.0 Å². The van der Waals surface area contributed by atoms with Crippen molar-refractivity contribution in [1.29, 1.82) is 0 Å². The summed E-state index contributed by atoms with van der Waals surface area (Å²) in [7, 11) is -9.65. The molecule has 160 valence electrons. The van der Waals surface area contributed by atoms with Crippen LogP contribution in [0.3, 0.4) is 0 Å². The Morgan fingerprint density at radius 3 is 2.37 bits per heavy atom. The minimum atomic E-state index is -5.03. The molecule has 3 amide bonds. The van der Waals surface area contributed by atoms with Crippen molar-refractivity contribution in [2.75, 3.05) is 19.8 Å². The monoisotopic (exact) mass is 476 g/mol. The minimum absolute atomic E-state index is 0. The van der Waals surface area contributed by atoms with Gasteiger partial charge in [0.1, 0.15) is 31.0 Å². The number of urea groups is 1. The van der Waals surface area contributed by atoms with Gasteiger partial charge in [-0.1, -0.05) is 6.07 Å². The Morgan fingerprint density at radius 2 is 1.80 bits per heavy atom. The molecule has 0 spiro atoms. The number of nitrogens with zero attached hydrogens (tertiary/aromatic N) is 2. The first-order chi connectivity index (χ1) is 13.4. The molecule has 1 fully saturated rings. The average molecular weight is 476 g/mol. The molecule has 0 saturated carbocycles. The first-order valence-corrected chi connectivity index (χ1v) is 10.5. The average Bonchev–Trinajstić information content (AvgIpc) is 2.84. The van der Waals surface area contributed by atoms with Crippen LogP contribution in [-0.2, 0) is 34.1 Å². The standard InChI is InChI=1S/C13H15N3O11S2.Na/c14-12(17)11-8-2-1-7(25-3-4-26-28(19,20)21)5-9(8)10-6-15(11)13(18)16(10)27-29(22,23)24;/h1-2,5,10-11H,3-4,6H2,(H2,14,17)(H,19,20,21)(H,22,23,24);/q;+1. The maximum Gasteiger partial charge on any atom is 1.00 e. The van der Waals surface area contributed by atoms with E-state index in [1.165, 1.54) is 18.2 Å². The summed E-state index contributed by atoms with van der Waals surface area (Å²) in [5.41, 5.74) is 5.96. The fraction of sp³-hybridized carbons (Fsp3) is 0.385. The minimum Gasteiger partial charge on any atom is -0.491 e. The second-order valence-electron chi connectivity index (χ2n) is 5.97. The summed E-state index contributed by atoms with van der Waals surface area (Å²) >= 11 is 0. The molecule has 17 heteroatoms. The quantitative estimate of drug-likeness (QED) is 0.187. The Balaban J connectivity index is 0.00000320. The van der Waals surface area contributed by atoms with E-state index in [9.17, 15) is 26.4 Å². The zero-order chi connectivity index (χ0) is 21.6. The molecule has 0 aliphatic carbocycles. The fourth-order valence-corrected chi connectivity index (χ4v) is 3.83. The van der Waals surface area contributed by atoms with Crippen LogP contribution in [0.2, 0.25) is 0 Å². The number of benzene rings is 1. The molecule has 2 aliphatic rings. The van der Waals surface area contributed by atoms with E-state index < -0.39 is 51.4 Å². The maximum atomic E-state index is 12.5. The molecular formula is C13H15N3NaO11S2+. The van der Waals surface area contributed by atoms with Crippen LogP contribution in [0.4, 0.5) is 4.79 Å². The SMILES string of the molecule is NC(=O)C1c2ccc(OCCOS(=O)(=O)O)cc2C2CN1C(=O)N2OS(=O)(=O)O.[Na+].